The molecular formula is C21H22N6. The molecule has 0 amide bonds. The Kier molecular flexibility index (Phi) is 5.19. The zero-order chi connectivity index (χ0) is 18.3. The highest BCUT2D eigenvalue weighted by molar-refractivity contribution is 5.49. The van der Waals surface area contributed by atoms with Gasteiger partial charge in [0.25, 0.3) is 0 Å². The zero-order valence-electron chi connectivity index (χ0n) is 14.8. The molecule has 4 rings (SSSR count). The Bertz CT molecular complexity index is 867. The van der Waals surface area contributed by atoms with E-state index >= 15 is 0 Å². The molecule has 0 saturated carbocycles. The molecule has 27 heavy (non-hydrogen) atoms. The molecule has 0 unspecified atom stereocenters. The van der Waals surface area contributed by atoms with Crippen LogP contribution in [0, 0.1) is 0 Å². The fourth-order valence-corrected chi connectivity index (χ4v) is 2.78. The summed E-state index contributed by atoms with van der Waals surface area (Å²) in [7, 11) is 0. The van der Waals surface area contributed by atoms with Crippen molar-refractivity contribution in [2.75, 3.05) is 22.7 Å². The van der Waals surface area contributed by atoms with Gasteiger partial charge in [-0.25, -0.2) is 5.12 Å². The van der Waals surface area contributed by atoms with E-state index in [1.807, 2.05) is 107 Å². The van der Waals surface area contributed by atoms with Crippen molar-refractivity contribution in [1.29, 1.82) is 0 Å². The first kappa shape index (κ1) is 17.0. The Morgan fingerprint density at radius 2 is 1.15 bits per heavy atom. The number of rotatable bonds is 6. The second kappa shape index (κ2) is 8.27. The molecule has 0 radical (unpaired) electrons. The second-order valence-corrected chi connectivity index (χ2v) is 6.16. The highest BCUT2D eigenvalue weighted by Crippen LogP contribution is 2.16. The van der Waals surface area contributed by atoms with Gasteiger partial charge in [0.1, 0.15) is 0 Å². The summed E-state index contributed by atoms with van der Waals surface area (Å²) in [5.41, 5.74) is 14.1. The number of benzene rings is 3. The molecule has 0 atom stereocenters. The van der Waals surface area contributed by atoms with Gasteiger partial charge in [-0.05, 0) is 36.4 Å². The lowest BCUT2D eigenvalue weighted by molar-refractivity contribution is 0.0930. The van der Waals surface area contributed by atoms with Gasteiger partial charge in [0.15, 0.2) is 0 Å². The van der Waals surface area contributed by atoms with E-state index < -0.39 is 0 Å². The van der Waals surface area contributed by atoms with E-state index in [-0.39, 0.29) is 0 Å². The van der Waals surface area contributed by atoms with E-state index in [9.17, 15) is 0 Å². The molecule has 1 aliphatic rings. The minimum Gasteiger partial charge on any atom is -0.356 e. The first-order chi connectivity index (χ1) is 13.3. The fraction of sp³-hybridized carbons (Fsp3) is 0.0476. The van der Waals surface area contributed by atoms with Gasteiger partial charge in [-0.15, -0.1) is 10.7 Å². The van der Waals surface area contributed by atoms with Crippen molar-refractivity contribution < 1.29 is 0 Å². The molecule has 0 fully saturated rings. The Morgan fingerprint density at radius 3 is 1.74 bits per heavy atom. The van der Waals surface area contributed by atoms with Gasteiger partial charge in [-0.1, -0.05) is 54.6 Å². The van der Waals surface area contributed by atoms with E-state index in [0.717, 1.165) is 22.8 Å². The third-order valence-corrected chi connectivity index (χ3v) is 3.98. The van der Waals surface area contributed by atoms with Crippen molar-refractivity contribution in [1.82, 2.24) is 15.8 Å². The van der Waals surface area contributed by atoms with Crippen LogP contribution in [0.2, 0.25) is 0 Å². The van der Waals surface area contributed by atoms with Crippen LogP contribution in [-0.2, 0) is 0 Å². The Labute approximate surface area is 159 Å². The zero-order valence-corrected chi connectivity index (χ0v) is 14.8. The highest BCUT2D eigenvalue weighted by Gasteiger charge is 2.18. The van der Waals surface area contributed by atoms with Crippen LogP contribution in [-0.4, -0.2) is 16.8 Å². The number of hydrazine groups is 4. The van der Waals surface area contributed by atoms with Crippen molar-refractivity contribution in [3.63, 3.8) is 0 Å². The van der Waals surface area contributed by atoms with E-state index in [2.05, 4.69) is 21.7 Å². The number of hydrogen-bond acceptors (Lipinski definition) is 6. The van der Waals surface area contributed by atoms with Crippen LogP contribution in [0.5, 0.6) is 0 Å². The van der Waals surface area contributed by atoms with Gasteiger partial charge in [0.05, 0.1) is 29.8 Å². The predicted octanol–water partition coefficient (Wildman–Crippen LogP) is 4.03. The molecule has 0 spiro atoms. The molecule has 6 nitrogen and oxygen atoms in total. The average Bonchev–Trinajstić information content (AvgIpc) is 2.70. The minimum atomic E-state index is 0.650. The lowest BCUT2D eigenvalue weighted by Crippen LogP contribution is -2.56. The van der Waals surface area contributed by atoms with Crippen LogP contribution in [0.25, 0.3) is 0 Å². The lowest BCUT2D eigenvalue weighted by Gasteiger charge is -2.36. The summed E-state index contributed by atoms with van der Waals surface area (Å²) < 4.78 is 0. The maximum atomic E-state index is 3.47. The largest absolute Gasteiger partial charge is 0.356 e. The van der Waals surface area contributed by atoms with Gasteiger partial charge in [0.2, 0.25) is 0 Å². The van der Waals surface area contributed by atoms with Crippen molar-refractivity contribution in [3.05, 3.63) is 103 Å². The summed E-state index contributed by atoms with van der Waals surface area (Å²) in [4.78, 5) is 0. The quantitative estimate of drug-likeness (QED) is 0.534. The monoisotopic (exact) mass is 358 g/mol. The normalized spacial score (nSPS) is 14.4. The summed E-state index contributed by atoms with van der Waals surface area (Å²) in [5.74, 6) is 0. The smallest absolute Gasteiger partial charge is 0.0774 e. The molecule has 1 aliphatic heterocycles. The molecular weight excluding hydrogens is 336 g/mol. The van der Waals surface area contributed by atoms with Gasteiger partial charge >= 0.3 is 0 Å². The van der Waals surface area contributed by atoms with Crippen LogP contribution in [0.15, 0.2) is 103 Å². The average molecular weight is 358 g/mol. The molecule has 0 saturated heterocycles. The standard InChI is InChI=1S/C21H22N6/c1-4-10-18(11-5-1)22-21-16-26(23-19-12-6-2-7-13-19)25-27(17-21)24-20-14-8-3-9-15-20/h1-16,22-25H,17H2. The molecule has 0 bridgehead atoms. The van der Waals surface area contributed by atoms with Crippen molar-refractivity contribution in [2.45, 2.75) is 0 Å². The summed E-state index contributed by atoms with van der Waals surface area (Å²) in [6.45, 7) is 0.650. The molecule has 1 heterocycles. The molecule has 0 aliphatic carbocycles. The SMILES string of the molecule is C1=C(Nc2ccccc2)CN(Nc2ccccc2)NN1Nc1ccccc1. The highest BCUT2D eigenvalue weighted by atomic mass is 15.9. The van der Waals surface area contributed by atoms with Gasteiger partial charge < -0.3 is 10.7 Å². The molecule has 3 aromatic rings. The van der Waals surface area contributed by atoms with Crippen LogP contribution < -0.4 is 21.7 Å². The summed E-state index contributed by atoms with van der Waals surface area (Å²) in [5, 5.41) is 7.20. The Hall–Kier alpha value is -3.48. The molecule has 6 heteroatoms. The Morgan fingerprint density at radius 1 is 0.630 bits per heavy atom. The van der Waals surface area contributed by atoms with E-state index in [1.165, 1.54) is 0 Å². The number of hydrogen-bond donors (Lipinski definition) is 4. The van der Waals surface area contributed by atoms with Crippen molar-refractivity contribution in [3.8, 4) is 0 Å². The van der Waals surface area contributed by atoms with Crippen molar-refractivity contribution >= 4 is 17.1 Å². The predicted molar refractivity (Wildman–Crippen MR) is 110 cm³/mol. The number of nitrogens with zero attached hydrogens (tertiary/aromatic N) is 2. The van der Waals surface area contributed by atoms with E-state index in [4.69, 9.17) is 0 Å². The molecule has 136 valence electrons. The van der Waals surface area contributed by atoms with E-state index in [0.29, 0.717) is 6.54 Å². The summed E-state index contributed by atoms with van der Waals surface area (Å²) in [6, 6.07) is 30.2. The van der Waals surface area contributed by atoms with Gasteiger partial charge in [0, 0.05) is 5.69 Å². The molecule has 3 aromatic carbocycles. The second-order valence-electron chi connectivity index (χ2n) is 6.16. The number of anilines is 3. The third-order valence-electron chi connectivity index (χ3n) is 3.98. The minimum absolute atomic E-state index is 0.650. The third kappa shape index (κ3) is 4.78. The van der Waals surface area contributed by atoms with Gasteiger partial charge in [-0.3, -0.25) is 5.43 Å². The summed E-state index contributed by atoms with van der Waals surface area (Å²) in [6.07, 6.45) is 2.00. The van der Waals surface area contributed by atoms with Gasteiger partial charge in [-0.2, -0.15) is 0 Å². The van der Waals surface area contributed by atoms with E-state index in [1.54, 1.807) is 0 Å². The van der Waals surface area contributed by atoms with Crippen molar-refractivity contribution in [2.24, 2.45) is 0 Å². The van der Waals surface area contributed by atoms with Crippen LogP contribution >= 0.6 is 0 Å². The molecule has 0 aromatic heterocycles. The first-order valence-corrected chi connectivity index (χ1v) is 8.84. The van der Waals surface area contributed by atoms with Crippen LogP contribution in [0.3, 0.4) is 0 Å². The topological polar surface area (TPSA) is 54.6 Å². The number of nitrogens with one attached hydrogen (secondary N) is 4. The number of para-hydroxylation sites is 3. The molecule has 4 N–H and O–H groups in total. The Balaban J connectivity index is 1.52. The lowest BCUT2D eigenvalue weighted by atomic mass is 10.3. The van der Waals surface area contributed by atoms with Crippen LogP contribution in [0.4, 0.5) is 17.1 Å². The fourth-order valence-electron chi connectivity index (χ4n) is 2.78. The maximum absolute atomic E-state index is 3.47. The summed E-state index contributed by atoms with van der Waals surface area (Å²) >= 11 is 0. The first-order valence-electron chi connectivity index (χ1n) is 8.84. The maximum Gasteiger partial charge on any atom is 0.0774 e. The van der Waals surface area contributed by atoms with Crippen LogP contribution in [0.1, 0.15) is 0 Å².